The van der Waals surface area contributed by atoms with Gasteiger partial charge in [0.05, 0.1) is 11.0 Å². The normalized spacial score (nSPS) is 18.5. The zero-order valence-corrected chi connectivity index (χ0v) is 10.8. The van der Waals surface area contributed by atoms with Crippen LogP contribution in [-0.4, -0.2) is 16.5 Å². The number of hydrogen-bond acceptors (Lipinski definition) is 2. The smallest absolute Gasteiger partial charge is 0.107 e. The molecule has 0 bridgehead atoms. The second-order valence-corrected chi connectivity index (χ2v) is 5.61. The van der Waals surface area contributed by atoms with Gasteiger partial charge in [-0.15, -0.1) is 0 Å². The number of imidazole rings is 1. The minimum atomic E-state index is 0.388. The molecule has 0 aliphatic heterocycles. The van der Waals surface area contributed by atoms with Crippen molar-refractivity contribution < 1.29 is 0 Å². The molecule has 0 unspecified atom stereocenters. The van der Waals surface area contributed by atoms with Gasteiger partial charge in [0.15, 0.2) is 0 Å². The lowest BCUT2D eigenvalue weighted by Crippen LogP contribution is -2.28. The van der Waals surface area contributed by atoms with Gasteiger partial charge in [-0.25, -0.2) is 4.98 Å². The zero-order valence-electron chi connectivity index (χ0n) is 10.8. The summed E-state index contributed by atoms with van der Waals surface area (Å²) >= 11 is 0. The number of nitrogens with one attached hydrogen (secondary N) is 1. The Labute approximate surface area is 108 Å². The first-order valence-corrected chi connectivity index (χ1v) is 6.95. The average Bonchev–Trinajstić information content (AvgIpc) is 3.03. The van der Waals surface area contributed by atoms with Crippen molar-refractivity contribution in [2.45, 2.75) is 38.5 Å². The first-order chi connectivity index (χ1) is 8.81. The van der Waals surface area contributed by atoms with Crippen LogP contribution < -0.4 is 5.73 Å². The van der Waals surface area contributed by atoms with E-state index >= 15 is 0 Å². The van der Waals surface area contributed by atoms with Gasteiger partial charge in [0.25, 0.3) is 0 Å². The highest BCUT2D eigenvalue weighted by Gasteiger charge is 2.32. The summed E-state index contributed by atoms with van der Waals surface area (Å²) in [4.78, 5) is 8.05. The molecule has 3 N–H and O–H groups in total. The Bertz CT molecular complexity index is 490. The van der Waals surface area contributed by atoms with Crippen LogP contribution in [0.3, 0.4) is 0 Å². The summed E-state index contributed by atoms with van der Waals surface area (Å²) in [5.41, 5.74) is 8.57. The third-order valence-electron chi connectivity index (χ3n) is 4.43. The van der Waals surface area contributed by atoms with Crippen LogP contribution in [0.4, 0.5) is 0 Å². The number of para-hydroxylation sites is 2. The molecule has 1 heterocycles. The predicted molar refractivity (Wildman–Crippen MR) is 74.4 cm³/mol. The number of aromatic amines is 1. The van der Waals surface area contributed by atoms with Crippen LogP contribution in [0, 0.1) is 5.41 Å². The summed E-state index contributed by atoms with van der Waals surface area (Å²) in [5.74, 6) is 1.11. The molecule has 1 aliphatic rings. The van der Waals surface area contributed by atoms with Crippen molar-refractivity contribution in [3.63, 3.8) is 0 Å². The predicted octanol–water partition coefficient (Wildman–Crippen LogP) is 3.01. The van der Waals surface area contributed by atoms with Crippen molar-refractivity contribution in [3.8, 4) is 0 Å². The number of aryl methyl sites for hydroxylation is 1. The van der Waals surface area contributed by atoms with Gasteiger partial charge in [-0.3, -0.25) is 0 Å². The number of aromatic nitrogens is 2. The van der Waals surface area contributed by atoms with E-state index in [1.165, 1.54) is 32.1 Å². The Morgan fingerprint density at radius 3 is 2.72 bits per heavy atom. The first kappa shape index (κ1) is 11.7. The highest BCUT2D eigenvalue weighted by atomic mass is 14.9. The summed E-state index contributed by atoms with van der Waals surface area (Å²) in [6.07, 6.45) is 7.47. The van der Waals surface area contributed by atoms with Gasteiger partial charge >= 0.3 is 0 Å². The minimum Gasteiger partial charge on any atom is -0.342 e. The van der Waals surface area contributed by atoms with Crippen LogP contribution in [0.15, 0.2) is 24.3 Å². The molecule has 1 saturated carbocycles. The fourth-order valence-electron chi connectivity index (χ4n) is 3.19. The maximum absolute atomic E-state index is 5.98. The molecule has 3 rings (SSSR count). The van der Waals surface area contributed by atoms with Gasteiger partial charge in [-0.05, 0) is 43.4 Å². The topological polar surface area (TPSA) is 54.7 Å². The van der Waals surface area contributed by atoms with E-state index in [4.69, 9.17) is 5.73 Å². The standard InChI is InChI=1S/C15H21N3/c16-11-15(8-3-4-9-15)10-7-14-17-12-5-1-2-6-13(12)18-14/h1-2,5-6H,3-4,7-11,16H2,(H,17,18). The van der Waals surface area contributed by atoms with Crippen LogP contribution in [0.1, 0.15) is 37.9 Å². The molecule has 3 heteroatoms. The molecule has 1 aliphatic carbocycles. The summed E-state index contributed by atoms with van der Waals surface area (Å²) in [7, 11) is 0. The minimum absolute atomic E-state index is 0.388. The Morgan fingerprint density at radius 2 is 2.00 bits per heavy atom. The molecule has 3 nitrogen and oxygen atoms in total. The molecule has 0 saturated heterocycles. The molecule has 1 aromatic heterocycles. The summed E-state index contributed by atoms with van der Waals surface area (Å²) < 4.78 is 0. The van der Waals surface area contributed by atoms with E-state index in [-0.39, 0.29) is 0 Å². The largest absolute Gasteiger partial charge is 0.342 e. The molecule has 1 aromatic carbocycles. The number of fused-ring (bicyclic) bond motifs is 1. The van der Waals surface area contributed by atoms with Gasteiger partial charge in [0.1, 0.15) is 5.82 Å². The van der Waals surface area contributed by atoms with E-state index in [0.717, 1.165) is 29.8 Å². The molecule has 0 atom stereocenters. The van der Waals surface area contributed by atoms with Gasteiger partial charge in [-0.2, -0.15) is 0 Å². The number of hydrogen-bond donors (Lipinski definition) is 2. The number of nitrogens with two attached hydrogens (primary N) is 1. The number of nitrogens with zero attached hydrogens (tertiary/aromatic N) is 1. The van der Waals surface area contributed by atoms with E-state index in [0.29, 0.717) is 5.41 Å². The number of H-pyrrole nitrogens is 1. The van der Waals surface area contributed by atoms with Crippen molar-refractivity contribution in [1.82, 2.24) is 9.97 Å². The summed E-state index contributed by atoms with van der Waals surface area (Å²) in [6, 6.07) is 8.22. The molecule has 96 valence electrons. The molecule has 0 radical (unpaired) electrons. The van der Waals surface area contributed by atoms with E-state index < -0.39 is 0 Å². The summed E-state index contributed by atoms with van der Waals surface area (Å²) in [6.45, 7) is 0.827. The van der Waals surface area contributed by atoms with Gasteiger partial charge in [0, 0.05) is 6.42 Å². The van der Waals surface area contributed by atoms with Crippen molar-refractivity contribution in [3.05, 3.63) is 30.1 Å². The number of rotatable bonds is 4. The van der Waals surface area contributed by atoms with E-state index in [1.54, 1.807) is 0 Å². The summed E-state index contributed by atoms with van der Waals surface area (Å²) in [5, 5.41) is 0. The van der Waals surface area contributed by atoms with Crippen LogP contribution in [0.25, 0.3) is 11.0 Å². The highest BCUT2D eigenvalue weighted by Crippen LogP contribution is 2.40. The fraction of sp³-hybridized carbons (Fsp3) is 0.533. The lowest BCUT2D eigenvalue weighted by molar-refractivity contribution is 0.281. The van der Waals surface area contributed by atoms with Crippen LogP contribution in [-0.2, 0) is 6.42 Å². The Hall–Kier alpha value is -1.35. The molecule has 18 heavy (non-hydrogen) atoms. The van der Waals surface area contributed by atoms with E-state index in [2.05, 4.69) is 22.1 Å². The molecule has 0 amide bonds. The second-order valence-electron chi connectivity index (χ2n) is 5.61. The first-order valence-electron chi connectivity index (χ1n) is 6.95. The second kappa shape index (κ2) is 4.73. The van der Waals surface area contributed by atoms with E-state index in [1.807, 2.05) is 12.1 Å². The van der Waals surface area contributed by atoms with Crippen molar-refractivity contribution in [2.24, 2.45) is 11.1 Å². The molecule has 0 spiro atoms. The van der Waals surface area contributed by atoms with Crippen LogP contribution in [0.2, 0.25) is 0 Å². The third-order valence-corrected chi connectivity index (χ3v) is 4.43. The average molecular weight is 243 g/mol. The van der Waals surface area contributed by atoms with Crippen LogP contribution in [0.5, 0.6) is 0 Å². The maximum Gasteiger partial charge on any atom is 0.107 e. The van der Waals surface area contributed by atoms with Gasteiger partial charge in [0.2, 0.25) is 0 Å². The molecular formula is C15H21N3. The van der Waals surface area contributed by atoms with Crippen molar-refractivity contribution in [1.29, 1.82) is 0 Å². The maximum atomic E-state index is 5.98. The molecule has 1 fully saturated rings. The van der Waals surface area contributed by atoms with Crippen LogP contribution >= 0.6 is 0 Å². The van der Waals surface area contributed by atoms with Crippen molar-refractivity contribution in [2.75, 3.05) is 6.54 Å². The van der Waals surface area contributed by atoms with Gasteiger partial charge < -0.3 is 10.7 Å². The lowest BCUT2D eigenvalue weighted by Gasteiger charge is -2.26. The Morgan fingerprint density at radius 1 is 1.22 bits per heavy atom. The molecule has 2 aromatic rings. The zero-order chi connectivity index (χ0) is 12.4. The highest BCUT2D eigenvalue weighted by molar-refractivity contribution is 5.74. The van der Waals surface area contributed by atoms with E-state index in [9.17, 15) is 0 Å². The SMILES string of the molecule is NCC1(CCc2nc3ccccc3[nH]2)CCCC1. The van der Waals surface area contributed by atoms with Crippen molar-refractivity contribution >= 4 is 11.0 Å². The third kappa shape index (κ3) is 2.15. The quantitative estimate of drug-likeness (QED) is 0.867. The lowest BCUT2D eigenvalue weighted by atomic mass is 9.81. The monoisotopic (exact) mass is 243 g/mol. The number of benzene rings is 1. The Balaban J connectivity index is 1.72. The molecular weight excluding hydrogens is 222 g/mol. The Kier molecular flexibility index (Phi) is 3.08. The fourth-order valence-corrected chi connectivity index (χ4v) is 3.19. The van der Waals surface area contributed by atoms with Gasteiger partial charge in [-0.1, -0.05) is 25.0 Å².